The van der Waals surface area contributed by atoms with Gasteiger partial charge in [0, 0.05) is 18.9 Å². The summed E-state index contributed by atoms with van der Waals surface area (Å²) in [5.41, 5.74) is 6.31. The average Bonchev–Trinajstić information content (AvgIpc) is 2.67. The van der Waals surface area contributed by atoms with Gasteiger partial charge in [-0.15, -0.1) is 10.2 Å². The molecule has 0 saturated carbocycles. The summed E-state index contributed by atoms with van der Waals surface area (Å²) >= 11 is 0. The van der Waals surface area contributed by atoms with Gasteiger partial charge in [0.1, 0.15) is 12.0 Å². The predicted molar refractivity (Wildman–Crippen MR) is 55.8 cm³/mol. The van der Waals surface area contributed by atoms with Crippen LogP contribution in [0.2, 0.25) is 0 Å². The van der Waals surface area contributed by atoms with Gasteiger partial charge in [0.2, 0.25) is 0 Å². The van der Waals surface area contributed by atoms with E-state index in [0.717, 1.165) is 13.0 Å². The third-order valence-corrected chi connectivity index (χ3v) is 2.02. The lowest BCUT2D eigenvalue weighted by Gasteiger charge is -2.04. The van der Waals surface area contributed by atoms with E-state index in [2.05, 4.69) is 27.1 Å². The summed E-state index contributed by atoms with van der Waals surface area (Å²) < 4.78 is 1.92. The lowest BCUT2D eigenvalue weighted by Crippen LogP contribution is -2.03. The quantitative estimate of drug-likeness (QED) is 0.796. The SMILES string of the molecule is CCCn1cnnc1-c1nccnc1N. The Balaban J connectivity index is 2.45. The highest BCUT2D eigenvalue weighted by Crippen LogP contribution is 2.18. The van der Waals surface area contributed by atoms with Gasteiger partial charge >= 0.3 is 0 Å². The molecule has 78 valence electrons. The van der Waals surface area contributed by atoms with Crippen molar-refractivity contribution >= 4 is 5.82 Å². The van der Waals surface area contributed by atoms with E-state index in [1.807, 2.05) is 4.57 Å². The highest BCUT2D eigenvalue weighted by Gasteiger charge is 2.11. The van der Waals surface area contributed by atoms with Crippen molar-refractivity contribution in [3.63, 3.8) is 0 Å². The second kappa shape index (κ2) is 4.04. The first kappa shape index (κ1) is 9.57. The van der Waals surface area contributed by atoms with E-state index >= 15 is 0 Å². The number of hydrogen-bond donors (Lipinski definition) is 1. The Kier molecular flexibility index (Phi) is 2.57. The molecule has 2 N–H and O–H groups in total. The Hall–Kier alpha value is -1.98. The van der Waals surface area contributed by atoms with Crippen LogP contribution >= 0.6 is 0 Å². The molecule has 0 aromatic carbocycles. The van der Waals surface area contributed by atoms with Crippen LogP contribution in [-0.4, -0.2) is 24.7 Å². The third-order valence-electron chi connectivity index (χ3n) is 2.02. The molecule has 15 heavy (non-hydrogen) atoms. The van der Waals surface area contributed by atoms with Crippen LogP contribution in [0.4, 0.5) is 5.82 Å². The number of anilines is 1. The maximum absolute atomic E-state index is 5.72. The van der Waals surface area contributed by atoms with Gasteiger partial charge in [0.05, 0.1) is 0 Å². The Bertz CT molecular complexity index is 449. The molecule has 6 nitrogen and oxygen atoms in total. The Morgan fingerprint density at radius 2 is 2.13 bits per heavy atom. The van der Waals surface area contributed by atoms with Crippen molar-refractivity contribution in [2.75, 3.05) is 5.73 Å². The summed E-state index contributed by atoms with van der Waals surface area (Å²) in [6, 6.07) is 0. The van der Waals surface area contributed by atoms with Crippen LogP contribution in [0.5, 0.6) is 0 Å². The molecule has 0 unspecified atom stereocenters. The molecule has 0 aliphatic heterocycles. The molecule has 0 amide bonds. The van der Waals surface area contributed by atoms with Crippen LogP contribution in [0.1, 0.15) is 13.3 Å². The summed E-state index contributed by atoms with van der Waals surface area (Å²) in [4.78, 5) is 8.12. The highest BCUT2D eigenvalue weighted by atomic mass is 15.3. The smallest absolute Gasteiger partial charge is 0.186 e. The van der Waals surface area contributed by atoms with Gasteiger partial charge in [0.25, 0.3) is 0 Å². The van der Waals surface area contributed by atoms with Gasteiger partial charge in [0.15, 0.2) is 11.6 Å². The monoisotopic (exact) mass is 204 g/mol. The molecule has 2 heterocycles. The summed E-state index contributed by atoms with van der Waals surface area (Å²) in [6.07, 6.45) is 5.83. The maximum Gasteiger partial charge on any atom is 0.186 e. The molecule has 0 fully saturated rings. The zero-order chi connectivity index (χ0) is 10.7. The van der Waals surface area contributed by atoms with Crippen LogP contribution in [0.3, 0.4) is 0 Å². The standard InChI is InChI=1S/C9H12N6/c1-2-5-15-6-13-14-9(15)7-8(10)12-4-3-11-7/h3-4,6H,2,5H2,1H3,(H2,10,12). The molecule has 0 aliphatic carbocycles. The van der Waals surface area contributed by atoms with Crippen molar-refractivity contribution < 1.29 is 0 Å². The van der Waals surface area contributed by atoms with Crippen molar-refractivity contribution in [2.45, 2.75) is 19.9 Å². The van der Waals surface area contributed by atoms with Gasteiger partial charge in [-0.2, -0.15) is 0 Å². The first-order valence-corrected chi connectivity index (χ1v) is 4.77. The van der Waals surface area contributed by atoms with E-state index in [0.29, 0.717) is 17.3 Å². The molecule has 0 saturated heterocycles. The van der Waals surface area contributed by atoms with Crippen molar-refractivity contribution in [1.29, 1.82) is 0 Å². The maximum atomic E-state index is 5.72. The van der Waals surface area contributed by atoms with E-state index in [1.165, 1.54) is 0 Å². The Labute approximate surface area is 87.2 Å². The molecule has 2 aromatic heterocycles. The average molecular weight is 204 g/mol. The minimum Gasteiger partial charge on any atom is -0.382 e. The van der Waals surface area contributed by atoms with Gasteiger partial charge in [-0.3, -0.25) is 0 Å². The molecule has 0 atom stereocenters. The van der Waals surface area contributed by atoms with Crippen molar-refractivity contribution in [1.82, 2.24) is 24.7 Å². The van der Waals surface area contributed by atoms with Crippen LogP contribution in [0.15, 0.2) is 18.7 Å². The van der Waals surface area contributed by atoms with Gasteiger partial charge in [-0.1, -0.05) is 6.92 Å². The van der Waals surface area contributed by atoms with Gasteiger partial charge in [-0.25, -0.2) is 9.97 Å². The summed E-state index contributed by atoms with van der Waals surface area (Å²) in [5.74, 6) is 1.05. The van der Waals surface area contributed by atoms with Crippen LogP contribution in [0, 0.1) is 0 Å². The van der Waals surface area contributed by atoms with Gasteiger partial charge in [-0.05, 0) is 6.42 Å². The third kappa shape index (κ3) is 1.78. The van der Waals surface area contributed by atoms with Gasteiger partial charge < -0.3 is 10.3 Å². The fraction of sp³-hybridized carbons (Fsp3) is 0.333. The minimum atomic E-state index is 0.378. The van der Waals surface area contributed by atoms with Crippen LogP contribution in [-0.2, 0) is 6.54 Å². The molecule has 0 aliphatic rings. The molecule has 2 aromatic rings. The van der Waals surface area contributed by atoms with Crippen LogP contribution in [0.25, 0.3) is 11.5 Å². The van der Waals surface area contributed by atoms with E-state index < -0.39 is 0 Å². The summed E-state index contributed by atoms with van der Waals surface area (Å²) in [5, 5.41) is 7.84. The Morgan fingerprint density at radius 1 is 1.33 bits per heavy atom. The lowest BCUT2D eigenvalue weighted by molar-refractivity contribution is 0.681. The van der Waals surface area contributed by atoms with Crippen molar-refractivity contribution in [3.05, 3.63) is 18.7 Å². The number of aromatic nitrogens is 5. The second-order valence-electron chi connectivity index (χ2n) is 3.14. The zero-order valence-electron chi connectivity index (χ0n) is 8.46. The zero-order valence-corrected chi connectivity index (χ0v) is 8.46. The first-order chi connectivity index (χ1) is 7.33. The fourth-order valence-electron chi connectivity index (χ4n) is 1.36. The molecule has 0 bridgehead atoms. The number of nitrogens with two attached hydrogens (primary N) is 1. The van der Waals surface area contributed by atoms with Crippen molar-refractivity contribution in [2.24, 2.45) is 0 Å². The van der Waals surface area contributed by atoms with E-state index in [-0.39, 0.29) is 0 Å². The van der Waals surface area contributed by atoms with E-state index in [4.69, 9.17) is 5.73 Å². The number of rotatable bonds is 3. The fourth-order valence-corrected chi connectivity index (χ4v) is 1.36. The summed E-state index contributed by atoms with van der Waals surface area (Å²) in [6.45, 7) is 2.93. The number of nitrogens with zero attached hydrogens (tertiary/aromatic N) is 5. The number of aryl methyl sites for hydroxylation is 1. The number of hydrogen-bond acceptors (Lipinski definition) is 5. The lowest BCUT2D eigenvalue weighted by atomic mass is 10.3. The molecule has 2 rings (SSSR count). The van der Waals surface area contributed by atoms with Crippen molar-refractivity contribution in [3.8, 4) is 11.5 Å². The highest BCUT2D eigenvalue weighted by molar-refractivity contribution is 5.62. The predicted octanol–water partition coefficient (Wildman–Crippen LogP) is 0.727. The van der Waals surface area contributed by atoms with E-state index in [1.54, 1.807) is 18.7 Å². The Morgan fingerprint density at radius 3 is 2.87 bits per heavy atom. The summed E-state index contributed by atoms with van der Waals surface area (Å²) in [7, 11) is 0. The molecular formula is C9H12N6. The number of nitrogen functional groups attached to an aromatic ring is 1. The molecule has 6 heteroatoms. The van der Waals surface area contributed by atoms with E-state index in [9.17, 15) is 0 Å². The second-order valence-corrected chi connectivity index (χ2v) is 3.14. The topological polar surface area (TPSA) is 82.5 Å². The molecule has 0 spiro atoms. The molecular weight excluding hydrogens is 192 g/mol. The largest absolute Gasteiger partial charge is 0.382 e. The minimum absolute atomic E-state index is 0.378. The molecule has 0 radical (unpaired) electrons. The van der Waals surface area contributed by atoms with Crippen LogP contribution < -0.4 is 5.73 Å². The first-order valence-electron chi connectivity index (χ1n) is 4.77. The normalized spacial score (nSPS) is 10.5.